The number of ether oxygens (including phenoxy) is 1. The highest BCUT2D eigenvalue weighted by atomic mass is 19.1. The molecule has 1 rings (SSSR count). The Labute approximate surface area is 76.7 Å². The molecular formula is C9H13FN2O. The van der Waals surface area contributed by atoms with E-state index in [4.69, 9.17) is 10.5 Å². The number of aromatic nitrogens is 1. The molecule has 0 radical (unpaired) electrons. The van der Waals surface area contributed by atoms with Gasteiger partial charge in [0.1, 0.15) is 11.6 Å². The van der Waals surface area contributed by atoms with Gasteiger partial charge in [-0.3, -0.25) is 0 Å². The molecule has 0 bridgehead atoms. The molecular weight excluding hydrogens is 171 g/mol. The first-order chi connectivity index (χ1) is 6.07. The smallest absolute Gasteiger partial charge is 0.144 e. The SMILES string of the molecule is COC(C)c1c(N)ncc(F)c1C. The molecule has 0 aliphatic carbocycles. The van der Waals surface area contributed by atoms with E-state index in [0.717, 1.165) is 6.20 Å². The molecule has 13 heavy (non-hydrogen) atoms. The van der Waals surface area contributed by atoms with E-state index in [1.165, 1.54) is 0 Å². The molecule has 4 heteroatoms. The maximum Gasteiger partial charge on any atom is 0.144 e. The van der Waals surface area contributed by atoms with Crippen LogP contribution in [0.2, 0.25) is 0 Å². The summed E-state index contributed by atoms with van der Waals surface area (Å²) in [6.07, 6.45) is 0.888. The maximum absolute atomic E-state index is 13.1. The van der Waals surface area contributed by atoms with E-state index in [1.807, 2.05) is 0 Å². The van der Waals surface area contributed by atoms with Gasteiger partial charge in [0.15, 0.2) is 0 Å². The molecule has 3 nitrogen and oxygen atoms in total. The summed E-state index contributed by atoms with van der Waals surface area (Å²) < 4.78 is 18.1. The average molecular weight is 184 g/mol. The molecule has 0 saturated heterocycles. The summed E-state index contributed by atoms with van der Waals surface area (Å²) in [4.78, 5) is 3.73. The summed E-state index contributed by atoms with van der Waals surface area (Å²) in [5, 5.41) is 0. The number of hydrogen-bond acceptors (Lipinski definition) is 3. The van der Waals surface area contributed by atoms with Gasteiger partial charge in [-0.1, -0.05) is 0 Å². The van der Waals surface area contributed by atoms with Crippen LogP contribution in [0.1, 0.15) is 24.2 Å². The third kappa shape index (κ3) is 1.78. The second-order valence-corrected chi connectivity index (χ2v) is 2.91. The van der Waals surface area contributed by atoms with Gasteiger partial charge in [-0.05, 0) is 19.4 Å². The third-order valence-corrected chi connectivity index (χ3v) is 2.12. The van der Waals surface area contributed by atoms with Crippen molar-refractivity contribution in [3.8, 4) is 0 Å². The summed E-state index contributed by atoms with van der Waals surface area (Å²) in [7, 11) is 1.55. The largest absolute Gasteiger partial charge is 0.383 e. The minimum Gasteiger partial charge on any atom is -0.383 e. The van der Waals surface area contributed by atoms with Gasteiger partial charge < -0.3 is 10.5 Å². The quantitative estimate of drug-likeness (QED) is 0.762. The predicted octanol–water partition coefficient (Wildman–Crippen LogP) is 1.82. The number of anilines is 1. The van der Waals surface area contributed by atoms with Crippen molar-refractivity contribution in [3.05, 3.63) is 23.1 Å². The number of rotatable bonds is 2. The molecule has 0 aliphatic heterocycles. The van der Waals surface area contributed by atoms with Gasteiger partial charge in [0.25, 0.3) is 0 Å². The summed E-state index contributed by atoms with van der Waals surface area (Å²) >= 11 is 0. The van der Waals surface area contributed by atoms with Gasteiger partial charge in [-0.25, -0.2) is 9.37 Å². The number of nitrogen functional groups attached to an aromatic ring is 1. The molecule has 72 valence electrons. The topological polar surface area (TPSA) is 48.1 Å². The van der Waals surface area contributed by atoms with Crippen molar-refractivity contribution in [2.24, 2.45) is 0 Å². The highest BCUT2D eigenvalue weighted by molar-refractivity contribution is 5.45. The van der Waals surface area contributed by atoms with Crippen molar-refractivity contribution in [3.63, 3.8) is 0 Å². The molecule has 1 aromatic rings. The molecule has 0 aromatic carbocycles. The fraction of sp³-hybridized carbons (Fsp3) is 0.444. The Morgan fingerprint density at radius 1 is 1.62 bits per heavy atom. The Bertz CT molecular complexity index is 315. The molecule has 1 atom stereocenters. The molecule has 1 aromatic heterocycles. The van der Waals surface area contributed by atoms with Crippen LogP contribution in [0.15, 0.2) is 6.20 Å². The van der Waals surface area contributed by atoms with E-state index < -0.39 is 0 Å². The van der Waals surface area contributed by atoms with Crippen molar-refractivity contribution in [2.45, 2.75) is 20.0 Å². The Morgan fingerprint density at radius 2 is 2.23 bits per heavy atom. The third-order valence-electron chi connectivity index (χ3n) is 2.12. The normalized spacial score (nSPS) is 12.9. The molecule has 0 spiro atoms. The van der Waals surface area contributed by atoms with E-state index in [-0.39, 0.29) is 11.9 Å². The minimum atomic E-state index is -0.354. The Balaban J connectivity index is 3.25. The van der Waals surface area contributed by atoms with E-state index >= 15 is 0 Å². The monoisotopic (exact) mass is 184 g/mol. The zero-order valence-corrected chi connectivity index (χ0v) is 7.97. The maximum atomic E-state index is 13.1. The predicted molar refractivity (Wildman–Crippen MR) is 48.8 cm³/mol. The van der Waals surface area contributed by atoms with E-state index in [9.17, 15) is 4.39 Å². The van der Waals surface area contributed by atoms with Crippen LogP contribution in [-0.2, 0) is 4.74 Å². The number of nitrogens with zero attached hydrogens (tertiary/aromatic N) is 1. The van der Waals surface area contributed by atoms with Crippen LogP contribution in [0.5, 0.6) is 0 Å². The molecule has 0 fully saturated rings. The van der Waals surface area contributed by atoms with Gasteiger partial charge in [0.05, 0.1) is 12.3 Å². The Hall–Kier alpha value is -1.16. The fourth-order valence-corrected chi connectivity index (χ4v) is 1.24. The van der Waals surface area contributed by atoms with Crippen LogP contribution in [0.4, 0.5) is 10.2 Å². The van der Waals surface area contributed by atoms with Crippen molar-refractivity contribution in [2.75, 3.05) is 12.8 Å². The van der Waals surface area contributed by atoms with Gasteiger partial charge in [0.2, 0.25) is 0 Å². The molecule has 0 aliphatic rings. The van der Waals surface area contributed by atoms with Gasteiger partial charge in [0, 0.05) is 12.7 Å². The van der Waals surface area contributed by atoms with Crippen LogP contribution in [0, 0.1) is 12.7 Å². The van der Waals surface area contributed by atoms with Crippen LogP contribution in [0.3, 0.4) is 0 Å². The lowest BCUT2D eigenvalue weighted by molar-refractivity contribution is 0.119. The van der Waals surface area contributed by atoms with E-state index in [2.05, 4.69) is 4.98 Å². The van der Waals surface area contributed by atoms with Crippen LogP contribution in [-0.4, -0.2) is 12.1 Å². The molecule has 1 heterocycles. The van der Waals surface area contributed by atoms with E-state index in [1.54, 1.807) is 21.0 Å². The second-order valence-electron chi connectivity index (χ2n) is 2.91. The van der Waals surface area contributed by atoms with E-state index in [0.29, 0.717) is 16.9 Å². The van der Waals surface area contributed by atoms with Gasteiger partial charge in [-0.15, -0.1) is 0 Å². The van der Waals surface area contributed by atoms with Gasteiger partial charge >= 0.3 is 0 Å². The standard InChI is InChI=1S/C9H13FN2O/c1-5-7(10)4-12-9(11)8(5)6(2)13-3/h4,6H,1-3H3,(H2,11,12). The first-order valence-corrected chi connectivity index (χ1v) is 4.01. The summed E-state index contributed by atoms with van der Waals surface area (Å²) in [5.41, 5.74) is 6.74. The first-order valence-electron chi connectivity index (χ1n) is 4.01. The second kappa shape index (κ2) is 3.70. The number of nitrogens with two attached hydrogens (primary N) is 1. The summed E-state index contributed by atoms with van der Waals surface area (Å²) in [6, 6.07) is 0. The molecule has 0 saturated carbocycles. The van der Waals surface area contributed by atoms with Crippen molar-refractivity contribution in [1.82, 2.24) is 4.98 Å². The van der Waals surface area contributed by atoms with Crippen LogP contribution >= 0.6 is 0 Å². The zero-order valence-electron chi connectivity index (χ0n) is 7.97. The minimum absolute atomic E-state index is 0.233. The number of pyridine rings is 1. The number of methoxy groups -OCH3 is 1. The first kappa shape index (κ1) is 9.92. The lowest BCUT2D eigenvalue weighted by Gasteiger charge is -2.14. The van der Waals surface area contributed by atoms with Crippen LogP contribution in [0.25, 0.3) is 0 Å². The average Bonchev–Trinajstić information content (AvgIpc) is 2.12. The fourth-order valence-electron chi connectivity index (χ4n) is 1.24. The van der Waals surface area contributed by atoms with Crippen molar-refractivity contribution in [1.29, 1.82) is 0 Å². The Kier molecular flexibility index (Phi) is 2.83. The molecule has 1 unspecified atom stereocenters. The highest BCUT2D eigenvalue weighted by Crippen LogP contribution is 2.25. The van der Waals surface area contributed by atoms with Crippen LogP contribution < -0.4 is 5.73 Å². The lowest BCUT2D eigenvalue weighted by Crippen LogP contribution is -2.07. The summed E-state index contributed by atoms with van der Waals surface area (Å²) in [6.45, 7) is 3.47. The summed E-state index contributed by atoms with van der Waals surface area (Å²) in [5.74, 6) is -0.0265. The Morgan fingerprint density at radius 3 is 2.77 bits per heavy atom. The number of halogens is 1. The van der Waals surface area contributed by atoms with Crippen molar-refractivity contribution < 1.29 is 9.13 Å². The molecule has 0 amide bonds. The van der Waals surface area contributed by atoms with Gasteiger partial charge in [-0.2, -0.15) is 0 Å². The lowest BCUT2D eigenvalue weighted by atomic mass is 10.1. The number of hydrogen-bond donors (Lipinski definition) is 1. The highest BCUT2D eigenvalue weighted by Gasteiger charge is 2.15. The molecule has 2 N–H and O–H groups in total. The zero-order chi connectivity index (χ0) is 10.0. The van der Waals surface area contributed by atoms with Crippen molar-refractivity contribution >= 4 is 5.82 Å².